The first-order chi connectivity index (χ1) is 7.13. The molecule has 1 aromatic heterocycles. The van der Waals surface area contributed by atoms with Gasteiger partial charge in [-0.15, -0.1) is 0 Å². The normalized spacial score (nSPS) is 10.0. The number of rotatable bonds is 5. The van der Waals surface area contributed by atoms with Crippen LogP contribution in [0.2, 0.25) is 0 Å². The molecule has 0 saturated carbocycles. The maximum absolute atomic E-state index is 12.6. The topological polar surface area (TPSA) is 78.9 Å². The molecule has 0 radical (unpaired) electrons. The highest BCUT2D eigenvalue weighted by atomic mass is 19.1. The molecule has 0 aliphatic carbocycles. The van der Waals surface area contributed by atoms with Crippen LogP contribution >= 0.6 is 0 Å². The summed E-state index contributed by atoms with van der Waals surface area (Å²) in [6.45, 7) is 3.20. The van der Waals surface area contributed by atoms with Crippen molar-refractivity contribution >= 4 is 11.8 Å². The molecule has 0 aliphatic heterocycles. The van der Waals surface area contributed by atoms with Gasteiger partial charge in [0.15, 0.2) is 5.82 Å². The van der Waals surface area contributed by atoms with Crippen molar-refractivity contribution in [1.29, 1.82) is 5.41 Å². The van der Waals surface area contributed by atoms with Gasteiger partial charge in [-0.2, -0.15) is 0 Å². The largest absolute Gasteiger partial charge is 0.388 e. The molecule has 0 spiro atoms. The van der Waals surface area contributed by atoms with Gasteiger partial charge in [-0.25, -0.2) is 14.4 Å². The van der Waals surface area contributed by atoms with Crippen molar-refractivity contribution in [2.45, 2.75) is 13.3 Å². The average Bonchev–Trinajstić information content (AvgIpc) is 2.21. The zero-order valence-corrected chi connectivity index (χ0v) is 8.57. The highest BCUT2D eigenvalue weighted by molar-refractivity contribution is 5.77. The van der Waals surface area contributed by atoms with Gasteiger partial charge in [-0.3, -0.25) is 5.41 Å². The highest BCUT2D eigenvalue weighted by Crippen LogP contribution is 2.06. The van der Waals surface area contributed by atoms with Gasteiger partial charge in [0.1, 0.15) is 0 Å². The quantitative estimate of drug-likeness (QED) is 0.557. The van der Waals surface area contributed by atoms with Gasteiger partial charge in [0, 0.05) is 19.5 Å². The molecule has 0 aromatic carbocycles. The lowest BCUT2D eigenvalue weighted by Crippen LogP contribution is -2.29. The van der Waals surface area contributed by atoms with Gasteiger partial charge in [-0.1, -0.05) is 0 Å². The van der Waals surface area contributed by atoms with E-state index in [1.165, 1.54) is 0 Å². The Bertz CT molecular complexity index is 324. The molecule has 3 N–H and O–H groups in total. The van der Waals surface area contributed by atoms with Gasteiger partial charge in [0.05, 0.1) is 18.2 Å². The number of aromatic nitrogens is 2. The van der Waals surface area contributed by atoms with Crippen molar-refractivity contribution in [2.75, 3.05) is 18.0 Å². The van der Waals surface area contributed by atoms with Crippen LogP contribution in [0.1, 0.15) is 13.3 Å². The molecule has 1 aromatic rings. The van der Waals surface area contributed by atoms with Crippen molar-refractivity contribution in [3.8, 4) is 0 Å². The van der Waals surface area contributed by atoms with Crippen LogP contribution in [0.5, 0.6) is 0 Å². The summed E-state index contributed by atoms with van der Waals surface area (Å²) < 4.78 is 12.6. The van der Waals surface area contributed by atoms with Crippen molar-refractivity contribution in [2.24, 2.45) is 5.73 Å². The minimum absolute atomic E-state index is 0.121. The van der Waals surface area contributed by atoms with Gasteiger partial charge < -0.3 is 10.6 Å². The number of nitrogens with two attached hydrogens (primary N) is 1. The number of amidine groups is 1. The Kier molecular flexibility index (Phi) is 3.96. The number of nitrogens with zero attached hydrogens (tertiary/aromatic N) is 3. The van der Waals surface area contributed by atoms with Crippen molar-refractivity contribution < 1.29 is 4.39 Å². The van der Waals surface area contributed by atoms with Gasteiger partial charge >= 0.3 is 0 Å². The monoisotopic (exact) mass is 211 g/mol. The SMILES string of the molecule is CCN(CCC(=N)N)c1ncc(F)cn1. The van der Waals surface area contributed by atoms with Gasteiger partial charge in [0.2, 0.25) is 5.95 Å². The summed E-state index contributed by atoms with van der Waals surface area (Å²) in [4.78, 5) is 9.55. The standard InChI is InChI=1S/C9H14FN5/c1-2-15(4-3-8(11)12)9-13-5-7(10)6-14-9/h5-6H,2-4H2,1H3,(H3,11,12). The summed E-state index contributed by atoms with van der Waals surface area (Å²) in [5, 5.41) is 7.11. The molecule has 0 aliphatic rings. The fourth-order valence-corrected chi connectivity index (χ4v) is 1.12. The Hall–Kier alpha value is -1.72. The third-order valence-electron chi connectivity index (χ3n) is 1.92. The molecule has 82 valence electrons. The molecule has 1 rings (SSSR count). The van der Waals surface area contributed by atoms with Crippen molar-refractivity contribution in [3.63, 3.8) is 0 Å². The second-order valence-electron chi connectivity index (χ2n) is 3.06. The van der Waals surface area contributed by atoms with E-state index >= 15 is 0 Å². The third kappa shape index (κ3) is 3.49. The zero-order chi connectivity index (χ0) is 11.3. The highest BCUT2D eigenvalue weighted by Gasteiger charge is 2.07. The van der Waals surface area contributed by atoms with Crippen LogP contribution in [0.25, 0.3) is 0 Å². The lowest BCUT2D eigenvalue weighted by Gasteiger charge is -2.19. The van der Waals surface area contributed by atoms with Crippen LogP contribution in [0.3, 0.4) is 0 Å². The molecule has 0 amide bonds. The molecule has 1 heterocycles. The Morgan fingerprint density at radius 2 is 2.13 bits per heavy atom. The number of anilines is 1. The lowest BCUT2D eigenvalue weighted by molar-refractivity contribution is 0.611. The summed E-state index contributed by atoms with van der Waals surface area (Å²) in [6, 6.07) is 0. The first-order valence-electron chi connectivity index (χ1n) is 4.69. The molecular formula is C9H14FN5. The van der Waals surface area contributed by atoms with E-state index in [1.807, 2.05) is 11.8 Å². The summed E-state index contributed by atoms with van der Waals surface area (Å²) >= 11 is 0. The first kappa shape index (κ1) is 11.4. The number of hydrogen-bond acceptors (Lipinski definition) is 4. The predicted molar refractivity (Wildman–Crippen MR) is 56.4 cm³/mol. The Balaban J connectivity index is 2.65. The summed E-state index contributed by atoms with van der Waals surface area (Å²) in [5.74, 6) is 0.122. The van der Waals surface area contributed by atoms with E-state index in [0.717, 1.165) is 12.4 Å². The van der Waals surface area contributed by atoms with E-state index in [4.69, 9.17) is 11.1 Å². The maximum atomic E-state index is 12.6. The Morgan fingerprint density at radius 3 is 2.60 bits per heavy atom. The number of nitrogens with one attached hydrogen (secondary N) is 1. The minimum atomic E-state index is -0.457. The fraction of sp³-hybridized carbons (Fsp3) is 0.444. The van der Waals surface area contributed by atoms with Crippen LogP contribution in [0.4, 0.5) is 10.3 Å². The molecule has 0 unspecified atom stereocenters. The molecule has 0 atom stereocenters. The van der Waals surface area contributed by atoms with E-state index in [0.29, 0.717) is 25.5 Å². The number of halogens is 1. The second kappa shape index (κ2) is 5.23. The second-order valence-corrected chi connectivity index (χ2v) is 3.06. The van der Waals surface area contributed by atoms with E-state index in [9.17, 15) is 4.39 Å². The maximum Gasteiger partial charge on any atom is 0.225 e. The molecule has 0 fully saturated rings. The first-order valence-corrected chi connectivity index (χ1v) is 4.69. The molecule has 0 saturated heterocycles. The van der Waals surface area contributed by atoms with Crippen molar-refractivity contribution in [3.05, 3.63) is 18.2 Å². The van der Waals surface area contributed by atoms with Crippen molar-refractivity contribution in [1.82, 2.24) is 9.97 Å². The smallest absolute Gasteiger partial charge is 0.225 e. The fourth-order valence-electron chi connectivity index (χ4n) is 1.12. The number of hydrogen-bond donors (Lipinski definition) is 2. The Morgan fingerprint density at radius 1 is 1.53 bits per heavy atom. The van der Waals surface area contributed by atoms with E-state index < -0.39 is 5.82 Å². The van der Waals surface area contributed by atoms with E-state index in [1.54, 1.807) is 0 Å². The van der Waals surface area contributed by atoms with Crippen LogP contribution in [0.15, 0.2) is 12.4 Å². The van der Waals surface area contributed by atoms with Gasteiger partial charge in [0.25, 0.3) is 0 Å². The van der Waals surface area contributed by atoms with Crippen LogP contribution in [0, 0.1) is 11.2 Å². The lowest BCUT2D eigenvalue weighted by atomic mass is 10.3. The van der Waals surface area contributed by atoms with Crippen LogP contribution < -0.4 is 10.6 Å². The zero-order valence-electron chi connectivity index (χ0n) is 8.57. The molecule has 15 heavy (non-hydrogen) atoms. The molecule has 0 bridgehead atoms. The van der Waals surface area contributed by atoms with E-state index in [2.05, 4.69) is 9.97 Å². The average molecular weight is 211 g/mol. The minimum Gasteiger partial charge on any atom is -0.388 e. The summed E-state index contributed by atoms with van der Waals surface area (Å²) in [6.07, 6.45) is 2.70. The summed E-state index contributed by atoms with van der Waals surface area (Å²) in [5.41, 5.74) is 5.25. The Labute approximate surface area is 87.6 Å². The molecule has 5 nitrogen and oxygen atoms in total. The summed E-state index contributed by atoms with van der Waals surface area (Å²) in [7, 11) is 0. The van der Waals surface area contributed by atoms with E-state index in [-0.39, 0.29) is 5.84 Å². The molecule has 6 heteroatoms. The predicted octanol–water partition coefficient (Wildman–Crippen LogP) is 0.768. The van der Waals surface area contributed by atoms with Gasteiger partial charge in [-0.05, 0) is 6.92 Å². The van der Waals surface area contributed by atoms with Crippen LogP contribution in [-0.4, -0.2) is 28.9 Å². The molecular weight excluding hydrogens is 197 g/mol. The third-order valence-corrected chi connectivity index (χ3v) is 1.92. The van der Waals surface area contributed by atoms with Crippen LogP contribution in [-0.2, 0) is 0 Å².